The monoisotopic (exact) mass is 236 g/mol. The van der Waals surface area contributed by atoms with Crippen LogP contribution >= 0.6 is 0 Å². The van der Waals surface area contributed by atoms with Crippen molar-refractivity contribution in [3.05, 3.63) is 29.3 Å². The fourth-order valence-corrected chi connectivity index (χ4v) is 1.94. The SMILES string of the molecule is CCCCc1c(CCC)cccc1OC(=O)O. The number of aryl methyl sites for hydroxylation is 1. The van der Waals surface area contributed by atoms with Gasteiger partial charge in [-0.05, 0) is 36.5 Å². The summed E-state index contributed by atoms with van der Waals surface area (Å²) in [5.41, 5.74) is 2.26. The molecule has 0 aromatic heterocycles. The van der Waals surface area contributed by atoms with Gasteiger partial charge >= 0.3 is 6.16 Å². The molecule has 0 amide bonds. The molecule has 3 heteroatoms. The summed E-state index contributed by atoms with van der Waals surface area (Å²) in [5.74, 6) is 0.497. The van der Waals surface area contributed by atoms with Gasteiger partial charge in [-0.1, -0.05) is 38.8 Å². The zero-order chi connectivity index (χ0) is 12.7. The van der Waals surface area contributed by atoms with Gasteiger partial charge in [0.05, 0.1) is 0 Å². The molecule has 1 rings (SSSR count). The Labute approximate surface area is 102 Å². The fraction of sp³-hybridized carbons (Fsp3) is 0.500. The molecule has 0 aliphatic heterocycles. The van der Waals surface area contributed by atoms with Gasteiger partial charge in [0, 0.05) is 0 Å². The number of hydrogen-bond acceptors (Lipinski definition) is 2. The molecule has 1 aromatic carbocycles. The van der Waals surface area contributed by atoms with Crippen molar-refractivity contribution in [1.29, 1.82) is 0 Å². The van der Waals surface area contributed by atoms with Crippen molar-refractivity contribution in [1.82, 2.24) is 0 Å². The molecule has 0 aliphatic rings. The highest BCUT2D eigenvalue weighted by Gasteiger charge is 2.11. The van der Waals surface area contributed by atoms with Crippen LogP contribution in [0.1, 0.15) is 44.2 Å². The van der Waals surface area contributed by atoms with Crippen molar-refractivity contribution in [3.63, 3.8) is 0 Å². The third-order valence-corrected chi connectivity index (χ3v) is 2.73. The molecule has 0 aliphatic carbocycles. The number of benzene rings is 1. The van der Waals surface area contributed by atoms with Gasteiger partial charge in [-0.3, -0.25) is 0 Å². The molecular weight excluding hydrogens is 216 g/mol. The van der Waals surface area contributed by atoms with Crippen LogP contribution < -0.4 is 4.74 Å². The van der Waals surface area contributed by atoms with Gasteiger partial charge in [0.1, 0.15) is 5.75 Å². The Morgan fingerprint density at radius 1 is 1.24 bits per heavy atom. The molecule has 0 atom stereocenters. The van der Waals surface area contributed by atoms with Crippen molar-refractivity contribution in [3.8, 4) is 5.75 Å². The summed E-state index contributed by atoms with van der Waals surface area (Å²) in [5, 5.41) is 8.72. The third-order valence-electron chi connectivity index (χ3n) is 2.73. The minimum atomic E-state index is -1.24. The number of ether oxygens (including phenoxy) is 1. The summed E-state index contributed by atoms with van der Waals surface area (Å²) in [6, 6.07) is 5.65. The topological polar surface area (TPSA) is 46.5 Å². The molecule has 3 nitrogen and oxygen atoms in total. The highest BCUT2D eigenvalue weighted by atomic mass is 16.7. The lowest BCUT2D eigenvalue weighted by Gasteiger charge is -2.12. The van der Waals surface area contributed by atoms with Crippen molar-refractivity contribution >= 4 is 6.16 Å². The summed E-state index contributed by atoms with van der Waals surface area (Å²) < 4.78 is 4.85. The van der Waals surface area contributed by atoms with Gasteiger partial charge < -0.3 is 9.84 Å². The zero-order valence-electron chi connectivity index (χ0n) is 10.5. The summed E-state index contributed by atoms with van der Waals surface area (Å²) in [6.07, 6.45) is 3.81. The number of unbranched alkanes of at least 4 members (excludes halogenated alkanes) is 1. The minimum absolute atomic E-state index is 0.497. The molecule has 0 saturated carbocycles. The highest BCUT2D eigenvalue weighted by molar-refractivity contribution is 5.62. The van der Waals surface area contributed by atoms with Gasteiger partial charge in [-0.2, -0.15) is 0 Å². The summed E-state index contributed by atoms with van der Waals surface area (Å²) in [6.45, 7) is 4.24. The van der Waals surface area contributed by atoms with Crippen molar-refractivity contribution in [2.24, 2.45) is 0 Å². The Morgan fingerprint density at radius 2 is 2.00 bits per heavy atom. The lowest BCUT2D eigenvalue weighted by Crippen LogP contribution is -2.07. The number of rotatable bonds is 6. The molecule has 0 unspecified atom stereocenters. The van der Waals surface area contributed by atoms with E-state index in [1.54, 1.807) is 6.07 Å². The van der Waals surface area contributed by atoms with E-state index in [1.165, 1.54) is 5.56 Å². The molecule has 0 heterocycles. The maximum atomic E-state index is 10.6. The van der Waals surface area contributed by atoms with Gasteiger partial charge in [0.25, 0.3) is 0 Å². The van der Waals surface area contributed by atoms with Crippen LogP contribution in [0.4, 0.5) is 4.79 Å². The first-order valence-electron chi connectivity index (χ1n) is 6.20. The summed E-state index contributed by atoms with van der Waals surface area (Å²) in [4.78, 5) is 10.6. The lowest BCUT2D eigenvalue weighted by molar-refractivity contribution is 0.144. The normalized spacial score (nSPS) is 10.2. The molecule has 0 radical (unpaired) electrons. The first-order valence-corrected chi connectivity index (χ1v) is 6.20. The zero-order valence-corrected chi connectivity index (χ0v) is 10.5. The maximum Gasteiger partial charge on any atom is 0.511 e. The lowest BCUT2D eigenvalue weighted by atomic mass is 9.98. The molecule has 0 fully saturated rings. The minimum Gasteiger partial charge on any atom is -0.449 e. The van der Waals surface area contributed by atoms with E-state index in [1.807, 2.05) is 6.07 Å². The van der Waals surface area contributed by atoms with Crippen LogP contribution in [0.15, 0.2) is 18.2 Å². The second kappa shape index (κ2) is 6.94. The Kier molecular flexibility index (Phi) is 5.53. The summed E-state index contributed by atoms with van der Waals surface area (Å²) >= 11 is 0. The van der Waals surface area contributed by atoms with E-state index in [0.29, 0.717) is 5.75 Å². The van der Waals surface area contributed by atoms with E-state index < -0.39 is 6.16 Å². The fourth-order valence-electron chi connectivity index (χ4n) is 1.94. The molecule has 0 saturated heterocycles. The van der Waals surface area contributed by atoms with Gasteiger partial charge in [-0.15, -0.1) is 0 Å². The molecule has 1 N–H and O–H groups in total. The number of carboxylic acid groups (broad SMARTS) is 1. The Morgan fingerprint density at radius 3 is 2.59 bits per heavy atom. The summed E-state index contributed by atoms with van der Waals surface area (Å²) in [7, 11) is 0. The predicted octanol–water partition coefficient (Wildman–Crippen LogP) is 4.04. The quantitative estimate of drug-likeness (QED) is 0.599. The van der Waals surface area contributed by atoms with Gasteiger partial charge in [0.2, 0.25) is 0 Å². The molecule has 94 valence electrons. The maximum absolute atomic E-state index is 10.6. The third kappa shape index (κ3) is 4.10. The van der Waals surface area contributed by atoms with Crippen LogP contribution in [0.2, 0.25) is 0 Å². The van der Waals surface area contributed by atoms with Crippen LogP contribution in [0, 0.1) is 0 Å². The largest absolute Gasteiger partial charge is 0.511 e. The van der Waals surface area contributed by atoms with Crippen molar-refractivity contribution < 1.29 is 14.6 Å². The smallest absolute Gasteiger partial charge is 0.449 e. The second-order valence-corrected chi connectivity index (χ2v) is 4.12. The number of hydrogen-bond donors (Lipinski definition) is 1. The molecule has 17 heavy (non-hydrogen) atoms. The van der Waals surface area contributed by atoms with E-state index >= 15 is 0 Å². The van der Waals surface area contributed by atoms with Crippen LogP contribution in [0.3, 0.4) is 0 Å². The van der Waals surface area contributed by atoms with E-state index in [2.05, 4.69) is 19.9 Å². The van der Waals surface area contributed by atoms with Gasteiger partial charge in [-0.25, -0.2) is 4.79 Å². The average molecular weight is 236 g/mol. The molecular formula is C14H20O3. The van der Waals surface area contributed by atoms with Crippen LogP contribution in [-0.2, 0) is 12.8 Å². The van der Waals surface area contributed by atoms with E-state index in [-0.39, 0.29) is 0 Å². The van der Waals surface area contributed by atoms with Crippen molar-refractivity contribution in [2.45, 2.75) is 46.0 Å². The van der Waals surface area contributed by atoms with Crippen LogP contribution in [0.25, 0.3) is 0 Å². The molecule has 0 spiro atoms. The molecule has 1 aromatic rings. The standard InChI is InChI=1S/C14H20O3/c1-3-5-9-12-11(7-4-2)8-6-10-13(12)17-14(15)16/h6,8,10H,3-5,7,9H2,1-2H3,(H,15,16). The molecule has 0 bridgehead atoms. The second-order valence-electron chi connectivity index (χ2n) is 4.12. The Bertz CT molecular complexity index is 372. The average Bonchev–Trinajstić information content (AvgIpc) is 2.28. The van der Waals surface area contributed by atoms with Crippen molar-refractivity contribution in [2.75, 3.05) is 0 Å². The predicted molar refractivity (Wildman–Crippen MR) is 67.7 cm³/mol. The first kappa shape index (κ1) is 13.6. The first-order chi connectivity index (χ1) is 8.19. The highest BCUT2D eigenvalue weighted by Crippen LogP contribution is 2.25. The van der Waals surface area contributed by atoms with Crippen LogP contribution in [0.5, 0.6) is 5.75 Å². The number of carbonyl (C=O) groups is 1. The Balaban J connectivity index is 3.00. The van der Waals surface area contributed by atoms with E-state index in [9.17, 15) is 4.79 Å². The van der Waals surface area contributed by atoms with Crippen LogP contribution in [-0.4, -0.2) is 11.3 Å². The van der Waals surface area contributed by atoms with E-state index in [0.717, 1.165) is 37.7 Å². The van der Waals surface area contributed by atoms with Gasteiger partial charge in [0.15, 0.2) is 0 Å². The van der Waals surface area contributed by atoms with E-state index in [4.69, 9.17) is 9.84 Å². The Hall–Kier alpha value is -1.51.